The Labute approximate surface area is 102 Å². The van der Waals surface area contributed by atoms with Gasteiger partial charge in [0.1, 0.15) is 5.82 Å². The minimum Gasteiger partial charge on any atom is -0.373 e. The number of aromatic nitrogens is 1. The third kappa shape index (κ3) is 3.15. The van der Waals surface area contributed by atoms with Gasteiger partial charge in [-0.15, -0.1) is 0 Å². The number of nitrogen functional groups attached to an aromatic ring is 1. The second-order valence-corrected chi connectivity index (χ2v) is 4.61. The Morgan fingerprint density at radius 1 is 1.47 bits per heavy atom. The van der Waals surface area contributed by atoms with E-state index in [4.69, 9.17) is 10.6 Å². The minimum absolute atomic E-state index is 0.282. The predicted octanol–water partition coefficient (Wildman–Crippen LogP) is 0.976. The average molecular weight is 236 g/mol. The van der Waals surface area contributed by atoms with Crippen LogP contribution in [0.3, 0.4) is 0 Å². The molecule has 0 spiro atoms. The van der Waals surface area contributed by atoms with Crippen molar-refractivity contribution in [3.05, 3.63) is 23.9 Å². The van der Waals surface area contributed by atoms with Crippen LogP contribution in [0.1, 0.15) is 19.4 Å². The molecule has 1 saturated heterocycles. The molecular weight excluding hydrogens is 216 g/mol. The molecule has 0 bridgehead atoms. The Kier molecular flexibility index (Phi) is 3.93. The molecule has 3 N–H and O–H groups in total. The normalized spacial score (nSPS) is 25.8. The molecule has 1 fully saturated rings. The lowest BCUT2D eigenvalue weighted by Crippen LogP contribution is -2.44. The summed E-state index contributed by atoms with van der Waals surface area (Å²) in [7, 11) is 0. The van der Waals surface area contributed by atoms with E-state index in [0.717, 1.165) is 31.0 Å². The number of nitrogens with zero attached hydrogens (tertiary/aromatic N) is 2. The SMILES string of the molecule is CC1CN(Cc2cccnc2NN)CC(C)O1. The van der Waals surface area contributed by atoms with E-state index in [1.54, 1.807) is 6.20 Å². The summed E-state index contributed by atoms with van der Waals surface area (Å²) in [6, 6.07) is 3.98. The van der Waals surface area contributed by atoms with Gasteiger partial charge in [0.25, 0.3) is 0 Å². The molecule has 1 aromatic heterocycles. The molecule has 0 saturated carbocycles. The number of nitrogens with two attached hydrogens (primary N) is 1. The summed E-state index contributed by atoms with van der Waals surface area (Å²) < 4.78 is 5.71. The number of hydrogen-bond acceptors (Lipinski definition) is 5. The number of morpholine rings is 1. The van der Waals surface area contributed by atoms with Crippen LogP contribution >= 0.6 is 0 Å². The summed E-state index contributed by atoms with van der Waals surface area (Å²) in [5, 5.41) is 0. The summed E-state index contributed by atoms with van der Waals surface area (Å²) in [6.45, 7) is 6.96. The van der Waals surface area contributed by atoms with E-state index in [-0.39, 0.29) is 12.2 Å². The number of anilines is 1. The Morgan fingerprint density at radius 3 is 2.82 bits per heavy atom. The van der Waals surface area contributed by atoms with Crippen LogP contribution in [0.5, 0.6) is 0 Å². The van der Waals surface area contributed by atoms with Gasteiger partial charge in [-0.3, -0.25) is 4.90 Å². The number of nitrogens with one attached hydrogen (secondary N) is 1. The van der Waals surface area contributed by atoms with Crippen LogP contribution < -0.4 is 11.3 Å². The van der Waals surface area contributed by atoms with E-state index in [1.807, 2.05) is 12.1 Å². The van der Waals surface area contributed by atoms with Crippen LogP contribution in [0.15, 0.2) is 18.3 Å². The zero-order chi connectivity index (χ0) is 12.3. The van der Waals surface area contributed by atoms with Gasteiger partial charge in [-0.25, -0.2) is 10.8 Å². The van der Waals surface area contributed by atoms with Gasteiger partial charge >= 0.3 is 0 Å². The van der Waals surface area contributed by atoms with Crippen molar-refractivity contribution < 1.29 is 4.74 Å². The maximum Gasteiger partial charge on any atom is 0.144 e. The van der Waals surface area contributed by atoms with Crippen LogP contribution in [-0.4, -0.2) is 35.2 Å². The average Bonchev–Trinajstić information content (AvgIpc) is 2.28. The van der Waals surface area contributed by atoms with Crippen LogP contribution in [0.2, 0.25) is 0 Å². The summed E-state index contributed by atoms with van der Waals surface area (Å²) in [5.41, 5.74) is 3.76. The van der Waals surface area contributed by atoms with Crippen molar-refractivity contribution in [3.8, 4) is 0 Å². The van der Waals surface area contributed by atoms with E-state index in [2.05, 4.69) is 29.2 Å². The Balaban J connectivity index is 2.04. The Hall–Kier alpha value is -1.17. The lowest BCUT2D eigenvalue weighted by Gasteiger charge is -2.35. The van der Waals surface area contributed by atoms with Crippen molar-refractivity contribution in [2.45, 2.75) is 32.6 Å². The lowest BCUT2D eigenvalue weighted by molar-refractivity contribution is -0.0704. The molecule has 5 heteroatoms. The largest absolute Gasteiger partial charge is 0.373 e. The van der Waals surface area contributed by atoms with Gasteiger partial charge in [0, 0.05) is 31.4 Å². The highest BCUT2D eigenvalue weighted by Gasteiger charge is 2.22. The van der Waals surface area contributed by atoms with E-state index in [9.17, 15) is 0 Å². The van der Waals surface area contributed by atoms with E-state index < -0.39 is 0 Å². The molecule has 5 nitrogen and oxygen atoms in total. The first kappa shape index (κ1) is 12.3. The highest BCUT2D eigenvalue weighted by Crippen LogP contribution is 2.17. The highest BCUT2D eigenvalue weighted by molar-refractivity contribution is 5.42. The summed E-state index contributed by atoms with van der Waals surface area (Å²) in [4.78, 5) is 6.58. The van der Waals surface area contributed by atoms with Crippen molar-refractivity contribution in [2.75, 3.05) is 18.5 Å². The fraction of sp³-hybridized carbons (Fsp3) is 0.583. The lowest BCUT2D eigenvalue weighted by atomic mass is 10.2. The van der Waals surface area contributed by atoms with Gasteiger partial charge in [-0.2, -0.15) is 0 Å². The summed E-state index contributed by atoms with van der Waals surface area (Å²) >= 11 is 0. The Morgan fingerprint density at radius 2 is 2.18 bits per heavy atom. The summed E-state index contributed by atoms with van der Waals surface area (Å²) in [6.07, 6.45) is 2.30. The molecule has 0 aromatic carbocycles. The molecule has 94 valence electrons. The fourth-order valence-electron chi connectivity index (χ4n) is 2.35. The number of rotatable bonds is 3. The Bertz CT molecular complexity index is 361. The first-order valence-electron chi connectivity index (χ1n) is 5.97. The van der Waals surface area contributed by atoms with Crippen LogP contribution in [-0.2, 0) is 11.3 Å². The molecule has 2 heterocycles. The zero-order valence-electron chi connectivity index (χ0n) is 10.4. The van der Waals surface area contributed by atoms with Crippen molar-refractivity contribution >= 4 is 5.82 Å². The number of pyridine rings is 1. The van der Waals surface area contributed by atoms with Gasteiger partial charge in [0.05, 0.1) is 12.2 Å². The standard InChI is InChI=1S/C12H20N4O/c1-9-6-16(7-10(2)17-9)8-11-4-3-5-14-12(11)15-13/h3-5,9-10H,6-8,13H2,1-2H3,(H,14,15). The maximum atomic E-state index is 5.71. The topological polar surface area (TPSA) is 63.4 Å². The van der Waals surface area contributed by atoms with Crippen LogP contribution in [0.4, 0.5) is 5.82 Å². The van der Waals surface area contributed by atoms with Gasteiger partial charge in [0.15, 0.2) is 0 Å². The molecule has 1 aromatic rings. The molecule has 17 heavy (non-hydrogen) atoms. The van der Waals surface area contributed by atoms with Gasteiger partial charge in [-0.1, -0.05) is 6.07 Å². The molecule has 2 atom stereocenters. The van der Waals surface area contributed by atoms with Crippen molar-refractivity contribution in [1.29, 1.82) is 0 Å². The first-order chi connectivity index (χ1) is 8.19. The second-order valence-electron chi connectivity index (χ2n) is 4.61. The smallest absolute Gasteiger partial charge is 0.144 e. The molecule has 1 aliphatic rings. The third-order valence-corrected chi connectivity index (χ3v) is 2.92. The first-order valence-corrected chi connectivity index (χ1v) is 5.97. The molecular formula is C12H20N4O. The monoisotopic (exact) mass is 236 g/mol. The van der Waals surface area contributed by atoms with Crippen molar-refractivity contribution in [1.82, 2.24) is 9.88 Å². The zero-order valence-corrected chi connectivity index (χ0v) is 10.4. The van der Waals surface area contributed by atoms with Crippen LogP contribution in [0, 0.1) is 0 Å². The van der Waals surface area contributed by atoms with Gasteiger partial charge in [-0.05, 0) is 19.9 Å². The number of hydrazine groups is 1. The van der Waals surface area contributed by atoms with Gasteiger partial charge in [0.2, 0.25) is 0 Å². The molecule has 0 radical (unpaired) electrons. The number of ether oxygens (including phenoxy) is 1. The van der Waals surface area contributed by atoms with Crippen LogP contribution in [0.25, 0.3) is 0 Å². The molecule has 2 rings (SSSR count). The number of hydrogen-bond donors (Lipinski definition) is 2. The predicted molar refractivity (Wildman–Crippen MR) is 67.3 cm³/mol. The van der Waals surface area contributed by atoms with E-state index >= 15 is 0 Å². The highest BCUT2D eigenvalue weighted by atomic mass is 16.5. The molecule has 1 aliphatic heterocycles. The maximum absolute atomic E-state index is 5.71. The minimum atomic E-state index is 0.282. The van der Waals surface area contributed by atoms with Crippen molar-refractivity contribution in [3.63, 3.8) is 0 Å². The molecule has 0 amide bonds. The van der Waals surface area contributed by atoms with Crippen molar-refractivity contribution in [2.24, 2.45) is 5.84 Å². The molecule has 2 unspecified atom stereocenters. The fourth-order valence-corrected chi connectivity index (χ4v) is 2.35. The third-order valence-electron chi connectivity index (χ3n) is 2.92. The quantitative estimate of drug-likeness (QED) is 0.605. The summed E-state index contributed by atoms with van der Waals surface area (Å²) in [5.74, 6) is 6.20. The second kappa shape index (κ2) is 5.44. The van der Waals surface area contributed by atoms with E-state index in [0.29, 0.717) is 0 Å². The van der Waals surface area contributed by atoms with E-state index in [1.165, 1.54) is 0 Å². The van der Waals surface area contributed by atoms with Gasteiger partial charge < -0.3 is 10.2 Å². The molecule has 0 aliphatic carbocycles.